The maximum absolute atomic E-state index is 3.46. The average molecular weight is 260 g/mol. The molecule has 0 aliphatic heterocycles. The Labute approximate surface area is 118 Å². The first-order valence-electron chi connectivity index (χ1n) is 7.73. The SMILES string of the molecule is CNC(CN(C)C1CCCCCC1)c1ccccc1. The first-order chi connectivity index (χ1) is 9.31. The molecule has 0 bridgehead atoms. The third-order valence-corrected chi connectivity index (χ3v) is 4.47. The van der Waals surface area contributed by atoms with E-state index in [0.29, 0.717) is 6.04 Å². The van der Waals surface area contributed by atoms with Gasteiger partial charge in [0.2, 0.25) is 0 Å². The molecule has 0 spiro atoms. The second-order valence-corrected chi connectivity index (χ2v) is 5.84. The molecule has 0 saturated heterocycles. The van der Waals surface area contributed by atoms with E-state index >= 15 is 0 Å². The molecule has 19 heavy (non-hydrogen) atoms. The topological polar surface area (TPSA) is 15.3 Å². The summed E-state index contributed by atoms with van der Waals surface area (Å²) >= 11 is 0. The summed E-state index contributed by atoms with van der Waals surface area (Å²) in [6.07, 6.45) is 8.43. The fourth-order valence-electron chi connectivity index (χ4n) is 3.18. The summed E-state index contributed by atoms with van der Waals surface area (Å²) in [5, 5.41) is 3.46. The van der Waals surface area contributed by atoms with Gasteiger partial charge in [-0.1, -0.05) is 56.0 Å². The van der Waals surface area contributed by atoms with Gasteiger partial charge in [0.15, 0.2) is 0 Å². The van der Waals surface area contributed by atoms with Gasteiger partial charge in [-0.3, -0.25) is 0 Å². The predicted molar refractivity (Wildman–Crippen MR) is 82.4 cm³/mol. The van der Waals surface area contributed by atoms with E-state index in [1.165, 1.54) is 44.1 Å². The molecular formula is C17H28N2. The third kappa shape index (κ3) is 4.32. The fraction of sp³-hybridized carbons (Fsp3) is 0.647. The Hall–Kier alpha value is -0.860. The van der Waals surface area contributed by atoms with Gasteiger partial charge in [-0.2, -0.15) is 0 Å². The van der Waals surface area contributed by atoms with E-state index in [1.54, 1.807) is 0 Å². The van der Waals surface area contributed by atoms with Gasteiger partial charge in [-0.25, -0.2) is 0 Å². The zero-order valence-electron chi connectivity index (χ0n) is 12.4. The van der Waals surface area contributed by atoms with Gasteiger partial charge in [0.1, 0.15) is 0 Å². The predicted octanol–water partition coefficient (Wildman–Crippen LogP) is 3.60. The molecule has 2 nitrogen and oxygen atoms in total. The number of nitrogens with zero attached hydrogens (tertiary/aromatic N) is 1. The molecule has 1 N–H and O–H groups in total. The van der Waals surface area contributed by atoms with Crippen LogP contribution in [0.5, 0.6) is 0 Å². The van der Waals surface area contributed by atoms with Crippen molar-refractivity contribution in [1.29, 1.82) is 0 Å². The van der Waals surface area contributed by atoms with Gasteiger partial charge in [-0.05, 0) is 32.5 Å². The highest BCUT2D eigenvalue weighted by atomic mass is 15.1. The molecule has 1 aromatic rings. The van der Waals surface area contributed by atoms with Crippen LogP contribution in [0.1, 0.15) is 50.1 Å². The van der Waals surface area contributed by atoms with Crippen LogP contribution in [0.4, 0.5) is 0 Å². The van der Waals surface area contributed by atoms with E-state index < -0.39 is 0 Å². The van der Waals surface area contributed by atoms with Crippen molar-refractivity contribution in [3.05, 3.63) is 35.9 Å². The molecule has 1 aromatic carbocycles. The van der Waals surface area contributed by atoms with Crippen LogP contribution < -0.4 is 5.32 Å². The van der Waals surface area contributed by atoms with Gasteiger partial charge in [0.25, 0.3) is 0 Å². The summed E-state index contributed by atoms with van der Waals surface area (Å²) in [7, 11) is 4.36. The number of hydrogen-bond acceptors (Lipinski definition) is 2. The van der Waals surface area contributed by atoms with Crippen LogP contribution in [0.2, 0.25) is 0 Å². The summed E-state index contributed by atoms with van der Waals surface area (Å²) in [6.45, 7) is 1.10. The van der Waals surface area contributed by atoms with Crippen molar-refractivity contribution < 1.29 is 0 Å². The lowest BCUT2D eigenvalue weighted by molar-refractivity contribution is 0.201. The molecule has 0 amide bonds. The summed E-state index contributed by atoms with van der Waals surface area (Å²) in [5.41, 5.74) is 1.39. The van der Waals surface area contributed by atoms with Crippen molar-refractivity contribution in [3.8, 4) is 0 Å². The monoisotopic (exact) mass is 260 g/mol. The largest absolute Gasteiger partial charge is 0.312 e. The first kappa shape index (κ1) is 14.5. The van der Waals surface area contributed by atoms with Crippen molar-refractivity contribution >= 4 is 0 Å². The van der Waals surface area contributed by atoms with Crippen molar-refractivity contribution in [2.75, 3.05) is 20.6 Å². The van der Waals surface area contributed by atoms with Crippen molar-refractivity contribution in [3.63, 3.8) is 0 Å². The van der Waals surface area contributed by atoms with Crippen LogP contribution in [0, 0.1) is 0 Å². The van der Waals surface area contributed by atoms with E-state index in [0.717, 1.165) is 12.6 Å². The number of hydrogen-bond donors (Lipinski definition) is 1. The van der Waals surface area contributed by atoms with Crippen LogP contribution in [-0.4, -0.2) is 31.6 Å². The molecule has 106 valence electrons. The standard InChI is InChI=1S/C17H28N2/c1-18-17(15-10-6-5-7-11-15)14-19(2)16-12-8-3-4-9-13-16/h5-7,10-11,16-18H,3-4,8-9,12-14H2,1-2H3. The molecule has 1 atom stereocenters. The molecule has 2 rings (SSSR count). The number of benzene rings is 1. The third-order valence-electron chi connectivity index (χ3n) is 4.47. The molecule has 2 heteroatoms. The van der Waals surface area contributed by atoms with Gasteiger partial charge in [0.05, 0.1) is 0 Å². The lowest BCUT2D eigenvalue weighted by atomic mass is 10.0. The molecular weight excluding hydrogens is 232 g/mol. The van der Waals surface area contributed by atoms with Crippen LogP contribution in [0.25, 0.3) is 0 Å². The van der Waals surface area contributed by atoms with Crippen LogP contribution in [0.15, 0.2) is 30.3 Å². The molecule has 0 radical (unpaired) electrons. The maximum Gasteiger partial charge on any atom is 0.0446 e. The Morgan fingerprint density at radius 3 is 2.32 bits per heavy atom. The normalized spacial score (nSPS) is 19.3. The maximum atomic E-state index is 3.46. The van der Waals surface area contributed by atoms with Crippen molar-refractivity contribution in [2.45, 2.75) is 50.6 Å². The van der Waals surface area contributed by atoms with Crippen LogP contribution >= 0.6 is 0 Å². The molecule has 1 saturated carbocycles. The highest BCUT2D eigenvalue weighted by Gasteiger charge is 2.20. The van der Waals surface area contributed by atoms with E-state index in [2.05, 4.69) is 54.6 Å². The average Bonchev–Trinajstić information content (AvgIpc) is 2.74. The molecule has 1 fully saturated rings. The molecule has 1 unspecified atom stereocenters. The highest BCUT2D eigenvalue weighted by molar-refractivity contribution is 5.19. The number of nitrogens with one attached hydrogen (secondary N) is 1. The first-order valence-corrected chi connectivity index (χ1v) is 7.73. The number of rotatable bonds is 5. The summed E-state index contributed by atoms with van der Waals surface area (Å²) in [4.78, 5) is 2.57. The molecule has 0 aromatic heterocycles. The summed E-state index contributed by atoms with van der Waals surface area (Å²) < 4.78 is 0. The zero-order chi connectivity index (χ0) is 13.5. The lowest BCUT2D eigenvalue weighted by Gasteiger charge is -2.31. The van der Waals surface area contributed by atoms with Gasteiger partial charge in [-0.15, -0.1) is 0 Å². The zero-order valence-corrected chi connectivity index (χ0v) is 12.4. The highest BCUT2D eigenvalue weighted by Crippen LogP contribution is 2.23. The smallest absolute Gasteiger partial charge is 0.0446 e. The Bertz CT molecular complexity index is 342. The Morgan fingerprint density at radius 1 is 1.11 bits per heavy atom. The fourth-order valence-corrected chi connectivity index (χ4v) is 3.18. The minimum absolute atomic E-state index is 0.439. The van der Waals surface area contributed by atoms with Crippen LogP contribution in [-0.2, 0) is 0 Å². The minimum Gasteiger partial charge on any atom is -0.312 e. The lowest BCUT2D eigenvalue weighted by Crippen LogP contribution is -2.38. The molecule has 1 aliphatic rings. The van der Waals surface area contributed by atoms with Crippen molar-refractivity contribution in [2.24, 2.45) is 0 Å². The minimum atomic E-state index is 0.439. The van der Waals surface area contributed by atoms with E-state index in [-0.39, 0.29) is 0 Å². The molecule has 0 heterocycles. The van der Waals surface area contributed by atoms with Crippen molar-refractivity contribution in [1.82, 2.24) is 10.2 Å². The second kappa shape index (κ2) is 7.66. The summed E-state index contributed by atoms with van der Waals surface area (Å²) in [5.74, 6) is 0. The quantitative estimate of drug-likeness (QED) is 0.814. The van der Waals surface area contributed by atoms with E-state index in [4.69, 9.17) is 0 Å². The Balaban J connectivity index is 1.93. The van der Waals surface area contributed by atoms with E-state index in [9.17, 15) is 0 Å². The Kier molecular flexibility index (Phi) is 5.87. The summed E-state index contributed by atoms with van der Waals surface area (Å²) in [6, 6.07) is 12.0. The number of likely N-dealkylation sites (N-methyl/N-ethyl adjacent to an activating group) is 2. The Morgan fingerprint density at radius 2 is 1.74 bits per heavy atom. The second-order valence-electron chi connectivity index (χ2n) is 5.84. The molecule has 1 aliphatic carbocycles. The van der Waals surface area contributed by atoms with Gasteiger partial charge >= 0.3 is 0 Å². The van der Waals surface area contributed by atoms with Gasteiger partial charge < -0.3 is 10.2 Å². The van der Waals surface area contributed by atoms with Crippen LogP contribution in [0.3, 0.4) is 0 Å². The van der Waals surface area contributed by atoms with E-state index in [1.807, 2.05) is 0 Å². The van der Waals surface area contributed by atoms with Gasteiger partial charge in [0, 0.05) is 18.6 Å².